The zero-order valence-corrected chi connectivity index (χ0v) is 14.5. The Labute approximate surface area is 151 Å². The molecule has 0 aromatic rings. The van der Waals surface area contributed by atoms with Crippen LogP contribution in [-0.2, 0) is 38.1 Å². The van der Waals surface area contributed by atoms with Gasteiger partial charge in [-0.25, -0.2) is 9.59 Å². The largest absolute Gasteiger partial charge is 0.462 e. The highest BCUT2D eigenvalue weighted by molar-refractivity contribution is 5.81. The van der Waals surface area contributed by atoms with Crippen molar-refractivity contribution in [2.45, 2.75) is 12.8 Å². The predicted octanol–water partition coefficient (Wildman–Crippen LogP) is -0.594. The van der Waals surface area contributed by atoms with E-state index < -0.39 is 23.9 Å². The minimum absolute atomic E-state index is 0.0280. The van der Waals surface area contributed by atoms with Gasteiger partial charge in [-0.2, -0.15) is 0 Å². The van der Waals surface area contributed by atoms with E-state index in [0.29, 0.717) is 0 Å². The summed E-state index contributed by atoms with van der Waals surface area (Å²) in [6.07, 6.45) is 2.23. The molecular formula is C16H24N2O8. The summed E-state index contributed by atoms with van der Waals surface area (Å²) >= 11 is 0. The average molecular weight is 372 g/mol. The van der Waals surface area contributed by atoms with Gasteiger partial charge in [0.25, 0.3) is 0 Å². The van der Waals surface area contributed by atoms with Crippen LogP contribution in [0.2, 0.25) is 0 Å². The van der Waals surface area contributed by atoms with Crippen molar-refractivity contribution in [2.24, 2.45) is 0 Å². The molecule has 0 fully saturated rings. The molecule has 10 nitrogen and oxygen atoms in total. The monoisotopic (exact) mass is 372 g/mol. The average Bonchev–Trinajstić information content (AvgIpc) is 2.64. The zero-order valence-electron chi connectivity index (χ0n) is 14.5. The Morgan fingerprint density at radius 2 is 1.00 bits per heavy atom. The van der Waals surface area contributed by atoms with E-state index in [2.05, 4.69) is 33.5 Å². The lowest BCUT2D eigenvalue weighted by Crippen LogP contribution is -2.35. The van der Waals surface area contributed by atoms with Gasteiger partial charge in [-0.1, -0.05) is 13.2 Å². The first kappa shape index (κ1) is 23.3. The molecule has 10 heteroatoms. The van der Waals surface area contributed by atoms with Crippen LogP contribution < -0.4 is 10.9 Å². The first-order chi connectivity index (χ1) is 12.5. The van der Waals surface area contributed by atoms with Crippen LogP contribution in [0.4, 0.5) is 0 Å². The maximum Gasteiger partial charge on any atom is 0.330 e. The molecule has 0 aliphatic rings. The summed E-state index contributed by atoms with van der Waals surface area (Å²) in [4.78, 5) is 44.2. The van der Waals surface area contributed by atoms with E-state index in [0.717, 1.165) is 12.2 Å². The maximum absolute atomic E-state index is 11.3. The first-order valence-corrected chi connectivity index (χ1v) is 7.85. The zero-order chi connectivity index (χ0) is 19.6. The molecule has 0 unspecified atom stereocenters. The minimum atomic E-state index is -0.580. The number of hydrazine groups is 1. The van der Waals surface area contributed by atoms with Crippen LogP contribution in [0.25, 0.3) is 0 Å². The Morgan fingerprint density at radius 3 is 1.35 bits per heavy atom. The Balaban J connectivity index is 3.43. The van der Waals surface area contributed by atoms with Gasteiger partial charge >= 0.3 is 23.9 Å². The van der Waals surface area contributed by atoms with Crippen LogP contribution >= 0.6 is 0 Å². The number of ether oxygens (including phenoxy) is 4. The molecule has 0 spiro atoms. The third-order valence-corrected chi connectivity index (χ3v) is 2.55. The lowest BCUT2D eigenvalue weighted by Gasteiger charge is -2.08. The van der Waals surface area contributed by atoms with Crippen LogP contribution in [-0.4, -0.2) is 63.4 Å². The number of carbonyl (C=O) groups excluding carboxylic acids is 4. The summed E-state index contributed by atoms with van der Waals surface area (Å²) in [6, 6.07) is 0. The molecule has 0 heterocycles. The number of rotatable bonds is 15. The second-order valence-corrected chi connectivity index (χ2v) is 4.54. The van der Waals surface area contributed by atoms with Crippen molar-refractivity contribution in [2.75, 3.05) is 39.5 Å². The molecule has 0 rings (SSSR count). The molecule has 0 aliphatic heterocycles. The van der Waals surface area contributed by atoms with Crippen LogP contribution in [0, 0.1) is 0 Å². The lowest BCUT2D eigenvalue weighted by molar-refractivity contribution is -0.149. The minimum Gasteiger partial charge on any atom is -0.462 e. The van der Waals surface area contributed by atoms with Crippen molar-refractivity contribution in [3.8, 4) is 0 Å². The van der Waals surface area contributed by atoms with Crippen LogP contribution in [0.3, 0.4) is 0 Å². The number of hydrogen-bond acceptors (Lipinski definition) is 10. The third-order valence-electron chi connectivity index (χ3n) is 2.55. The van der Waals surface area contributed by atoms with Crippen LogP contribution in [0.1, 0.15) is 12.8 Å². The van der Waals surface area contributed by atoms with Gasteiger partial charge in [0.15, 0.2) is 0 Å². The summed E-state index contributed by atoms with van der Waals surface area (Å²) in [5, 5.41) is 0. The highest BCUT2D eigenvalue weighted by atomic mass is 16.6. The molecule has 26 heavy (non-hydrogen) atoms. The second kappa shape index (κ2) is 15.8. The van der Waals surface area contributed by atoms with E-state index in [4.69, 9.17) is 9.47 Å². The van der Waals surface area contributed by atoms with E-state index in [-0.39, 0.29) is 52.4 Å². The summed E-state index contributed by atoms with van der Waals surface area (Å²) in [5.74, 6) is -2.07. The summed E-state index contributed by atoms with van der Waals surface area (Å²) in [6.45, 7) is 6.92. The Hall–Kier alpha value is -2.72. The normalized spacial score (nSPS) is 9.69. The summed E-state index contributed by atoms with van der Waals surface area (Å²) < 4.78 is 18.9. The molecule has 0 atom stereocenters. The number of nitrogens with one attached hydrogen (secondary N) is 2. The van der Waals surface area contributed by atoms with Gasteiger partial charge in [0.2, 0.25) is 0 Å². The summed E-state index contributed by atoms with van der Waals surface area (Å²) in [5.41, 5.74) is 5.48. The fourth-order valence-electron chi connectivity index (χ4n) is 1.36. The third kappa shape index (κ3) is 14.8. The van der Waals surface area contributed by atoms with Crippen molar-refractivity contribution in [1.29, 1.82) is 0 Å². The van der Waals surface area contributed by atoms with Crippen molar-refractivity contribution in [3.05, 3.63) is 25.3 Å². The van der Waals surface area contributed by atoms with Gasteiger partial charge in [-0.05, 0) is 0 Å². The van der Waals surface area contributed by atoms with Gasteiger partial charge < -0.3 is 18.9 Å². The van der Waals surface area contributed by atoms with E-state index in [1.807, 2.05) is 0 Å². The molecule has 0 saturated carbocycles. The topological polar surface area (TPSA) is 129 Å². The van der Waals surface area contributed by atoms with Crippen LogP contribution in [0.5, 0.6) is 0 Å². The number of esters is 4. The maximum atomic E-state index is 11.3. The molecule has 0 aromatic heterocycles. The van der Waals surface area contributed by atoms with E-state index in [1.54, 1.807) is 0 Å². The van der Waals surface area contributed by atoms with Gasteiger partial charge in [-0.15, -0.1) is 0 Å². The highest BCUT2D eigenvalue weighted by Crippen LogP contribution is 1.88. The summed E-state index contributed by atoms with van der Waals surface area (Å²) in [7, 11) is 0. The molecule has 0 amide bonds. The molecule has 0 saturated heterocycles. The Bertz CT molecular complexity index is 449. The quantitative estimate of drug-likeness (QED) is 0.126. The van der Waals surface area contributed by atoms with E-state index in [9.17, 15) is 19.2 Å². The van der Waals surface area contributed by atoms with Gasteiger partial charge in [0.1, 0.15) is 26.4 Å². The molecule has 0 aliphatic carbocycles. The number of carbonyl (C=O) groups is 4. The van der Waals surface area contributed by atoms with E-state index >= 15 is 0 Å². The van der Waals surface area contributed by atoms with E-state index in [1.165, 1.54) is 0 Å². The fraction of sp³-hybridized carbons (Fsp3) is 0.500. The smallest absolute Gasteiger partial charge is 0.330 e. The van der Waals surface area contributed by atoms with Crippen LogP contribution in [0.15, 0.2) is 25.3 Å². The molecule has 0 aromatic carbocycles. The highest BCUT2D eigenvalue weighted by Gasteiger charge is 2.05. The SMILES string of the molecule is C=CC(=O)OCCOC(=O)CCNNCCC(=O)OCCOC(=O)C=C. The molecule has 146 valence electrons. The number of hydrogen-bond donors (Lipinski definition) is 2. The first-order valence-electron chi connectivity index (χ1n) is 7.85. The Kier molecular flexibility index (Phi) is 14.1. The van der Waals surface area contributed by atoms with Gasteiger partial charge in [0.05, 0.1) is 12.8 Å². The van der Waals surface area contributed by atoms with Crippen molar-refractivity contribution in [3.63, 3.8) is 0 Å². The van der Waals surface area contributed by atoms with Crippen molar-refractivity contribution >= 4 is 23.9 Å². The van der Waals surface area contributed by atoms with Gasteiger partial charge in [-0.3, -0.25) is 20.4 Å². The Morgan fingerprint density at radius 1 is 0.654 bits per heavy atom. The standard InChI is InChI=1S/C16H24N2O8/c1-3-13(19)23-9-11-25-15(21)5-7-17-18-8-6-16(22)26-12-10-24-14(20)4-2/h3-4,17-18H,1-2,5-12H2. The molecule has 0 bridgehead atoms. The van der Waals surface area contributed by atoms with Gasteiger partial charge in [0, 0.05) is 25.2 Å². The van der Waals surface area contributed by atoms with Crippen molar-refractivity contribution in [1.82, 2.24) is 10.9 Å². The molecule has 2 N–H and O–H groups in total. The predicted molar refractivity (Wildman–Crippen MR) is 89.5 cm³/mol. The van der Waals surface area contributed by atoms with Crippen molar-refractivity contribution < 1.29 is 38.1 Å². The fourth-order valence-corrected chi connectivity index (χ4v) is 1.36. The molecular weight excluding hydrogens is 348 g/mol. The lowest BCUT2D eigenvalue weighted by atomic mass is 10.4. The second-order valence-electron chi connectivity index (χ2n) is 4.54. The molecule has 0 radical (unpaired) electrons.